The minimum atomic E-state index is -0.743. The van der Waals surface area contributed by atoms with E-state index in [-0.39, 0.29) is 0 Å². The van der Waals surface area contributed by atoms with Gasteiger partial charge in [0.1, 0.15) is 0 Å². The van der Waals surface area contributed by atoms with Crippen LogP contribution >= 0.6 is 11.3 Å². The number of hydrogen-bond donors (Lipinski definition) is 1. The smallest absolute Gasteiger partial charge is 0.311 e. The number of rotatable bonds is 4. The normalized spacial score (nSPS) is 25.9. The van der Waals surface area contributed by atoms with Crippen LogP contribution in [0, 0.1) is 11.3 Å². The maximum Gasteiger partial charge on any atom is 0.311 e. The second kappa shape index (κ2) is 5.55. The van der Waals surface area contributed by atoms with Crippen LogP contribution in [0.15, 0.2) is 16.8 Å². The Morgan fingerprint density at radius 3 is 2.90 bits per heavy atom. The summed E-state index contributed by atoms with van der Waals surface area (Å²) in [5, 5.41) is 25.4. The fourth-order valence-electron chi connectivity index (χ4n) is 2.95. The lowest BCUT2D eigenvalue weighted by Gasteiger charge is -2.35. The zero-order valence-electron chi connectivity index (χ0n) is 11.9. The molecule has 2 aromatic rings. The number of aliphatic carboxylic acids is 1. The van der Waals surface area contributed by atoms with E-state index >= 15 is 0 Å². The number of tetrazole rings is 1. The molecule has 2 heterocycles. The number of aromatic nitrogens is 4. The van der Waals surface area contributed by atoms with E-state index in [2.05, 4.69) is 22.4 Å². The van der Waals surface area contributed by atoms with Crippen LogP contribution in [-0.4, -0.2) is 31.3 Å². The lowest BCUT2D eigenvalue weighted by Crippen LogP contribution is -2.39. The predicted molar refractivity (Wildman–Crippen MR) is 78.8 cm³/mol. The zero-order chi connectivity index (χ0) is 14.9. The fourth-order valence-corrected chi connectivity index (χ4v) is 3.58. The van der Waals surface area contributed by atoms with E-state index in [0.29, 0.717) is 31.1 Å². The van der Waals surface area contributed by atoms with Gasteiger partial charge >= 0.3 is 5.97 Å². The first kappa shape index (κ1) is 14.2. The van der Waals surface area contributed by atoms with E-state index in [1.54, 1.807) is 16.0 Å². The molecule has 1 saturated carbocycles. The van der Waals surface area contributed by atoms with Gasteiger partial charge in [-0.1, -0.05) is 6.92 Å². The molecule has 21 heavy (non-hydrogen) atoms. The van der Waals surface area contributed by atoms with Crippen LogP contribution < -0.4 is 0 Å². The van der Waals surface area contributed by atoms with Crippen LogP contribution in [0.5, 0.6) is 0 Å². The van der Waals surface area contributed by atoms with Crippen molar-refractivity contribution in [3.63, 3.8) is 0 Å². The van der Waals surface area contributed by atoms with Gasteiger partial charge in [0, 0.05) is 10.9 Å². The molecule has 1 aliphatic rings. The van der Waals surface area contributed by atoms with Crippen LogP contribution in [0.3, 0.4) is 0 Å². The molecular weight excluding hydrogens is 288 g/mol. The largest absolute Gasteiger partial charge is 0.481 e. The quantitative estimate of drug-likeness (QED) is 0.939. The molecule has 0 unspecified atom stereocenters. The molecule has 2 aromatic heterocycles. The Balaban J connectivity index is 1.88. The molecular formula is C14H18N4O2S. The molecule has 7 heteroatoms. The second-order valence-electron chi connectivity index (χ2n) is 5.94. The van der Waals surface area contributed by atoms with Crippen molar-refractivity contribution in [1.29, 1.82) is 0 Å². The Labute approximate surface area is 126 Å². The standard InChI is InChI=1S/C14H18N4O2S/c1-10-2-5-14(6-3-10,13(19)20)9-18-12(15-16-17-18)11-4-7-21-8-11/h4,7-8,10H,2-3,5-6,9H2,1H3,(H,19,20). The summed E-state index contributed by atoms with van der Waals surface area (Å²) in [6.45, 7) is 2.52. The maximum absolute atomic E-state index is 11.8. The summed E-state index contributed by atoms with van der Waals surface area (Å²) in [5.74, 6) is 0.513. The van der Waals surface area contributed by atoms with Gasteiger partial charge in [-0.2, -0.15) is 11.3 Å². The highest BCUT2D eigenvalue weighted by atomic mass is 32.1. The van der Waals surface area contributed by atoms with Crippen molar-refractivity contribution < 1.29 is 9.90 Å². The molecule has 0 aromatic carbocycles. The summed E-state index contributed by atoms with van der Waals surface area (Å²) in [5.41, 5.74) is 0.196. The Kier molecular flexibility index (Phi) is 3.75. The van der Waals surface area contributed by atoms with Crippen molar-refractivity contribution in [3.8, 4) is 11.4 Å². The Bertz CT molecular complexity index is 615. The van der Waals surface area contributed by atoms with Crippen LogP contribution in [0.4, 0.5) is 0 Å². The summed E-state index contributed by atoms with van der Waals surface area (Å²) in [6, 6.07) is 1.95. The average molecular weight is 306 g/mol. The van der Waals surface area contributed by atoms with E-state index in [1.165, 1.54) is 0 Å². The third kappa shape index (κ3) is 2.70. The molecule has 3 rings (SSSR count). The molecule has 0 saturated heterocycles. The number of hydrogen-bond acceptors (Lipinski definition) is 5. The number of carboxylic acids is 1. The number of carboxylic acid groups (broad SMARTS) is 1. The molecule has 0 radical (unpaired) electrons. The number of thiophene rings is 1. The van der Waals surface area contributed by atoms with Crippen molar-refractivity contribution in [2.75, 3.05) is 0 Å². The summed E-state index contributed by atoms with van der Waals surface area (Å²) in [4.78, 5) is 11.8. The lowest BCUT2D eigenvalue weighted by atomic mass is 9.71. The van der Waals surface area contributed by atoms with Crippen LogP contribution in [0.2, 0.25) is 0 Å². The van der Waals surface area contributed by atoms with Gasteiger partial charge in [0.05, 0.1) is 12.0 Å². The highest BCUT2D eigenvalue weighted by Crippen LogP contribution is 2.41. The molecule has 6 nitrogen and oxygen atoms in total. The van der Waals surface area contributed by atoms with Crippen molar-refractivity contribution >= 4 is 17.3 Å². The van der Waals surface area contributed by atoms with Crippen molar-refractivity contribution in [3.05, 3.63) is 16.8 Å². The second-order valence-corrected chi connectivity index (χ2v) is 6.72. The third-order valence-corrected chi connectivity index (χ3v) is 5.13. The number of nitrogens with zero attached hydrogens (tertiary/aromatic N) is 4. The molecule has 1 fully saturated rings. The molecule has 0 aliphatic heterocycles. The topological polar surface area (TPSA) is 80.9 Å². The molecule has 0 amide bonds. The summed E-state index contributed by atoms with van der Waals surface area (Å²) in [6.07, 6.45) is 3.27. The minimum absolute atomic E-state index is 0.341. The average Bonchev–Trinajstić information content (AvgIpc) is 3.12. The van der Waals surface area contributed by atoms with Gasteiger partial charge < -0.3 is 5.11 Å². The third-order valence-electron chi connectivity index (χ3n) is 4.45. The molecule has 112 valence electrons. The van der Waals surface area contributed by atoms with E-state index in [4.69, 9.17) is 0 Å². The SMILES string of the molecule is CC1CCC(Cn2nnnc2-c2ccsc2)(C(=O)O)CC1. The van der Waals surface area contributed by atoms with E-state index in [1.807, 2.05) is 16.8 Å². The van der Waals surface area contributed by atoms with Crippen molar-refractivity contribution in [1.82, 2.24) is 20.2 Å². The lowest BCUT2D eigenvalue weighted by molar-refractivity contribution is -0.152. The van der Waals surface area contributed by atoms with Crippen LogP contribution in [-0.2, 0) is 11.3 Å². The van der Waals surface area contributed by atoms with E-state index in [0.717, 1.165) is 18.4 Å². The fraction of sp³-hybridized carbons (Fsp3) is 0.571. The highest BCUT2D eigenvalue weighted by molar-refractivity contribution is 7.08. The number of carbonyl (C=O) groups is 1. The molecule has 0 bridgehead atoms. The van der Waals surface area contributed by atoms with Gasteiger partial charge in [-0.25, -0.2) is 4.68 Å². The Hall–Kier alpha value is -1.76. The van der Waals surface area contributed by atoms with E-state index < -0.39 is 11.4 Å². The summed E-state index contributed by atoms with van der Waals surface area (Å²) < 4.78 is 1.64. The Morgan fingerprint density at radius 1 is 1.52 bits per heavy atom. The van der Waals surface area contributed by atoms with Crippen molar-refractivity contribution in [2.24, 2.45) is 11.3 Å². The van der Waals surface area contributed by atoms with E-state index in [9.17, 15) is 9.90 Å². The van der Waals surface area contributed by atoms with Crippen LogP contribution in [0.25, 0.3) is 11.4 Å². The Morgan fingerprint density at radius 2 is 2.29 bits per heavy atom. The molecule has 1 N–H and O–H groups in total. The zero-order valence-corrected chi connectivity index (χ0v) is 12.7. The van der Waals surface area contributed by atoms with Crippen molar-refractivity contribution in [2.45, 2.75) is 39.2 Å². The first-order chi connectivity index (χ1) is 10.1. The molecule has 0 atom stereocenters. The van der Waals surface area contributed by atoms with Gasteiger partial charge in [-0.05, 0) is 53.5 Å². The maximum atomic E-state index is 11.8. The summed E-state index contributed by atoms with van der Waals surface area (Å²) >= 11 is 1.57. The summed E-state index contributed by atoms with van der Waals surface area (Å²) in [7, 11) is 0. The monoisotopic (exact) mass is 306 g/mol. The van der Waals surface area contributed by atoms with Gasteiger partial charge in [-0.15, -0.1) is 5.10 Å². The first-order valence-corrected chi connectivity index (χ1v) is 8.07. The molecule has 0 spiro atoms. The van der Waals surface area contributed by atoms with Gasteiger partial charge in [-0.3, -0.25) is 4.79 Å². The van der Waals surface area contributed by atoms with Gasteiger partial charge in [0.25, 0.3) is 0 Å². The van der Waals surface area contributed by atoms with Gasteiger partial charge in [0.2, 0.25) is 0 Å². The molecule has 1 aliphatic carbocycles. The first-order valence-electron chi connectivity index (χ1n) is 7.13. The van der Waals surface area contributed by atoms with Crippen LogP contribution in [0.1, 0.15) is 32.6 Å². The highest BCUT2D eigenvalue weighted by Gasteiger charge is 2.42. The van der Waals surface area contributed by atoms with Gasteiger partial charge in [0.15, 0.2) is 5.82 Å². The predicted octanol–water partition coefficient (Wildman–Crippen LogP) is 2.68. The minimum Gasteiger partial charge on any atom is -0.481 e.